The fourth-order valence-electron chi connectivity index (χ4n) is 1.97. The normalized spacial score (nSPS) is 16.1. The van der Waals surface area contributed by atoms with Gasteiger partial charge < -0.3 is 9.64 Å². The van der Waals surface area contributed by atoms with Crippen LogP contribution in [0.5, 0.6) is 0 Å². The van der Waals surface area contributed by atoms with Gasteiger partial charge in [-0.25, -0.2) is 4.79 Å². The first-order valence-electron chi connectivity index (χ1n) is 6.09. The number of halogens is 1. The van der Waals surface area contributed by atoms with Gasteiger partial charge in [0.1, 0.15) is 5.60 Å². The van der Waals surface area contributed by atoms with E-state index in [1.807, 2.05) is 26.2 Å². The molecule has 0 saturated carbocycles. The molecule has 0 fully saturated rings. The summed E-state index contributed by atoms with van der Waals surface area (Å²) in [4.78, 5) is 15.1. The van der Waals surface area contributed by atoms with Gasteiger partial charge in [-0.3, -0.25) is 0 Å². The topological polar surface area (TPSA) is 29.5 Å². The van der Waals surface area contributed by atoms with Gasteiger partial charge >= 0.3 is 6.09 Å². The Morgan fingerprint density at radius 1 is 1.39 bits per heavy atom. The lowest BCUT2D eigenvalue weighted by molar-refractivity contribution is 0.0258. The molecule has 0 aromatic carbocycles. The minimum Gasteiger partial charge on any atom is -0.444 e. The molecule has 0 N–H and O–H groups in total. The number of amides is 1. The summed E-state index contributed by atoms with van der Waals surface area (Å²) >= 11 is 7.82. The average Bonchev–Trinajstić information content (AvgIpc) is 2.48. The third-order valence-corrected chi connectivity index (χ3v) is 4.38. The predicted octanol–water partition coefficient (Wildman–Crippen LogP) is 3.74. The van der Waals surface area contributed by atoms with Crippen LogP contribution in [-0.4, -0.2) is 29.7 Å². The van der Waals surface area contributed by atoms with Crippen LogP contribution in [0.1, 0.15) is 31.2 Å². The lowest BCUT2D eigenvalue weighted by Gasteiger charge is -2.26. The van der Waals surface area contributed by atoms with Crippen molar-refractivity contribution in [3.05, 3.63) is 20.8 Å². The number of ether oxygens (including phenoxy) is 1. The molecule has 3 nitrogen and oxygen atoms in total. The quantitative estimate of drug-likeness (QED) is 0.727. The van der Waals surface area contributed by atoms with Gasteiger partial charge in [0.05, 0.1) is 5.02 Å². The van der Waals surface area contributed by atoms with E-state index in [-0.39, 0.29) is 6.09 Å². The number of carbonyl (C=O) groups excluding carboxylic acids is 1. The molecule has 1 aromatic rings. The summed E-state index contributed by atoms with van der Waals surface area (Å²) in [6.45, 7) is 7.04. The van der Waals surface area contributed by atoms with E-state index in [0.717, 1.165) is 17.9 Å². The van der Waals surface area contributed by atoms with E-state index in [1.54, 1.807) is 16.2 Å². The minimum atomic E-state index is -0.439. The first kappa shape index (κ1) is 13.7. The van der Waals surface area contributed by atoms with E-state index >= 15 is 0 Å². The molecule has 2 rings (SSSR count). The van der Waals surface area contributed by atoms with Crippen molar-refractivity contribution in [1.29, 1.82) is 0 Å². The van der Waals surface area contributed by atoms with Crippen LogP contribution in [0.4, 0.5) is 4.79 Å². The number of nitrogens with zero attached hydrogens (tertiary/aromatic N) is 1. The van der Waals surface area contributed by atoms with Crippen LogP contribution in [0.2, 0.25) is 5.02 Å². The van der Waals surface area contributed by atoms with Gasteiger partial charge in [-0.1, -0.05) is 11.6 Å². The van der Waals surface area contributed by atoms with Gasteiger partial charge in [-0.15, -0.1) is 11.3 Å². The van der Waals surface area contributed by atoms with Gasteiger partial charge in [0.2, 0.25) is 0 Å². The maximum absolute atomic E-state index is 12.0. The van der Waals surface area contributed by atoms with Crippen LogP contribution in [0, 0.1) is 0 Å². The lowest BCUT2D eigenvalue weighted by atomic mass is 10.2. The highest BCUT2D eigenvalue weighted by Crippen LogP contribution is 2.30. The summed E-state index contributed by atoms with van der Waals surface area (Å²) in [5.74, 6) is 0. The number of hydrogen-bond acceptors (Lipinski definition) is 3. The van der Waals surface area contributed by atoms with Gasteiger partial charge in [-0.2, -0.15) is 0 Å². The van der Waals surface area contributed by atoms with Crippen LogP contribution in [0.25, 0.3) is 0 Å². The molecule has 0 saturated heterocycles. The van der Waals surface area contributed by atoms with Crippen molar-refractivity contribution < 1.29 is 9.53 Å². The Labute approximate surface area is 117 Å². The lowest BCUT2D eigenvalue weighted by Crippen LogP contribution is -2.38. The summed E-state index contributed by atoms with van der Waals surface area (Å²) in [5, 5.41) is 2.82. The molecule has 0 radical (unpaired) electrons. The Bertz CT molecular complexity index is 450. The Balaban J connectivity index is 2.02. The Morgan fingerprint density at radius 2 is 2.06 bits per heavy atom. The number of thiophene rings is 1. The molecule has 5 heteroatoms. The van der Waals surface area contributed by atoms with Crippen molar-refractivity contribution in [2.24, 2.45) is 0 Å². The second-order valence-electron chi connectivity index (χ2n) is 5.45. The third-order valence-electron chi connectivity index (χ3n) is 2.82. The highest BCUT2D eigenvalue weighted by atomic mass is 35.5. The van der Waals surface area contributed by atoms with Gasteiger partial charge in [0.25, 0.3) is 0 Å². The van der Waals surface area contributed by atoms with E-state index < -0.39 is 5.60 Å². The number of rotatable bonds is 0. The van der Waals surface area contributed by atoms with Crippen molar-refractivity contribution in [2.75, 3.05) is 13.1 Å². The monoisotopic (exact) mass is 287 g/mol. The molecule has 2 heterocycles. The standard InChI is InChI=1S/C13H18ClNO2S/c1-13(2,3)17-12(16)15-6-4-9-10(14)8-18-11(9)5-7-15/h8H,4-7H2,1-3H3. The molecule has 0 aliphatic carbocycles. The van der Waals surface area contributed by atoms with Gasteiger partial charge in [0, 0.05) is 23.3 Å². The second-order valence-corrected chi connectivity index (χ2v) is 6.82. The van der Waals surface area contributed by atoms with Crippen molar-refractivity contribution >= 4 is 29.0 Å². The average molecular weight is 288 g/mol. The van der Waals surface area contributed by atoms with E-state index in [4.69, 9.17) is 16.3 Å². The van der Waals surface area contributed by atoms with E-state index in [2.05, 4.69) is 0 Å². The Hall–Kier alpha value is -0.740. The van der Waals surface area contributed by atoms with E-state index in [9.17, 15) is 4.79 Å². The van der Waals surface area contributed by atoms with Crippen LogP contribution < -0.4 is 0 Å². The first-order valence-corrected chi connectivity index (χ1v) is 7.35. The van der Waals surface area contributed by atoms with Crippen molar-refractivity contribution in [1.82, 2.24) is 4.90 Å². The van der Waals surface area contributed by atoms with Crippen molar-refractivity contribution in [2.45, 2.75) is 39.2 Å². The highest BCUT2D eigenvalue weighted by Gasteiger charge is 2.25. The molecule has 0 bridgehead atoms. The summed E-state index contributed by atoms with van der Waals surface area (Å²) in [5.41, 5.74) is 0.763. The highest BCUT2D eigenvalue weighted by molar-refractivity contribution is 7.10. The molecule has 18 heavy (non-hydrogen) atoms. The summed E-state index contributed by atoms with van der Waals surface area (Å²) < 4.78 is 5.40. The SMILES string of the molecule is CC(C)(C)OC(=O)N1CCc2scc(Cl)c2CC1. The minimum absolute atomic E-state index is 0.228. The van der Waals surface area contributed by atoms with Crippen molar-refractivity contribution in [3.63, 3.8) is 0 Å². The first-order chi connectivity index (χ1) is 8.37. The molecule has 0 atom stereocenters. The summed E-state index contributed by atoms with van der Waals surface area (Å²) in [6.07, 6.45) is 1.46. The van der Waals surface area contributed by atoms with Crippen LogP contribution in [0.3, 0.4) is 0 Å². The van der Waals surface area contributed by atoms with Crippen LogP contribution in [0.15, 0.2) is 5.38 Å². The molecule has 1 amide bonds. The number of fused-ring (bicyclic) bond motifs is 1. The Kier molecular flexibility index (Phi) is 3.87. The predicted molar refractivity (Wildman–Crippen MR) is 74.5 cm³/mol. The fourth-order valence-corrected chi connectivity index (χ4v) is 3.32. The van der Waals surface area contributed by atoms with Gasteiger partial charge in [-0.05, 0) is 39.2 Å². The largest absolute Gasteiger partial charge is 0.444 e. The Morgan fingerprint density at radius 3 is 2.72 bits per heavy atom. The zero-order valence-electron chi connectivity index (χ0n) is 11.0. The third kappa shape index (κ3) is 3.18. The number of hydrogen-bond donors (Lipinski definition) is 0. The molecule has 0 spiro atoms. The maximum atomic E-state index is 12.0. The van der Waals surface area contributed by atoms with Crippen molar-refractivity contribution in [3.8, 4) is 0 Å². The molecule has 1 aliphatic rings. The molecule has 0 unspecified atom stereocenters. The molecule has 1 aliphatic heterocycles. The van der Waals surface area contributed by atoms with Gasteiger partial charge in [0.15, 0.2) is 0 Å². The van der Waals surface area contributed by atoms with Crippen LogP contribution in [-0.2, 0) is 17.6 Å². The smallest absolute Gasteiger partial charge is 0.410 e. The summed E-state index contributed by atoms with van der Waals surface area (Å²) in [6, 6.07) is 0. The molecular weight excluding hydrogens is 270 g/mol. The van der Waals surface area contributed by atoms with E-state index in [0.29, 0.717) is 13.1 Å². The maximum Gasteiger partial charge on any atom is 0.410 e. The van der Waals surface area contributed by atoms with E-state index in [1.165, 1.54) is 10.4 Å². The molecular formula is C13H18ClNO2S. The second kappa shape index (κ2) is 5.10. The number of carbonyl (C=O) groups is 1. The zero-order chi connectivity index (χ0) is 13.3. The molecule has 100 valence electrons. The molecule has 1 aromatic heterocycles. The summed E-state index contributed by atoms with van der Waals surface area (Å²) in [7, 11) is 0. The zero-order valence-corrected chi connectivity index (χ0v) is 12.5. The van der Waals surface area contributed by atoms with Crippen LogP contribution >= 0.6 is 22.9 Å². The fraction of sp³-hybridized carbons (Fsp3) is 0.615.